The predicted molar refractivity (Wildman–Crippen MR) is 139 cm³/mol. The van der Waals surface area contributed by atoms with Crippen LogP contribution in [0.3, 0.4) is 0 Å². The Balaban J connectivity index is 1.23. The lowest BCUT2D eigenvalue weighted by Crippen LogP contribution is -2.33. The highest BCUT2D eigenvalue weighted by Gasteiger charge is 2.37. The van der Waals surface area contributed by atoms with Crippen LogP contribution in [0.25, 0.3) is 0 Å². The Morgan fingerprint density at radius 1 is 1.00 bits per heavy atom. The average Bonchev–Trinajstić information content (AvgIpc) is 3.14. The van der Waals surface area contributed by atoms with E-state index in [0.717, 1.165) is 17.7 Å². The number of aliphatic hydroxyl groups is 2. The number of rotatable bonds is 7. The lowest BCUT2D eigenvalue weighted by molar-refractivity contribution is -0.113. The standard InChI is InChI=1S/C31H36O5/c1-20-8-11-22(29-17-24(33)16-26(18-32)35-29)15-23(20)14-21-9-12-25(13-10-21)34-19-30-27-6-4-5-7-28(27)31(2,3)36-30/h4-13,15,24,26,29-30,32-33H,14,16-19H2,1-3H3/t24-,26-,29+,30+/m0/s1. The molecule has 5 rings (SSSR count). The Kier molecular flexibility index (Phi) is 7.18. The van der Waals surface area contributed by atoms with E-state index in [1.54, 1.807) is 0 Å². The van der Waals surface area contributed by atoms with Gasteiger partial charge in [-0.3, -0.25) is 0 Å². The Hall–Kier alpha value is -2.70. The highest BCUT2D eigenvalue weighted by Crippen LogP contribution is 2.43. The first kappa shape index (κ1) is 25.0. The molecule has 0 radical (unpaired) electrons. The molecule has 36 heavy (non-hydrogen) atoms. The minimum absolute atomic E-state index is 0.0716. The molecule has 0 bridgehead atoms. The zero-order chi connectivity index (χ0) is 25.3. The molecule has 1 fully saturated rings. The van der Waals surface area contributed by atoms with Crippen LogP contribution >= 0.6 is 0 Å². The highest BCUT2D eigenvalue weighted by molar-refractivity contribution is 5.39. The summed E-state index contributed by atoms with van der Waals surface area (Å²) in [4.78, 5) is 0. The monoisotopic (exact) mass is 488 g/mol. The van der Waals surface area contributed by atoms with Crippen LogP contribution < -0.4 is 4.74 Å². The first-order valence-electron chi connectivity index (χ1n) is 12.8. The molecule has 4 atom stereocenters. The van der Waals surface area contributed by atoms with Crippen molar-refractivity contribution in [2.45, 2.75) is 70.1 Å². The molecule has 2 aliphatic heterocycles. The largest absolute Gasteiger partial charge is 0.491 e. The summed E-state index contributed by atoms with van der Waals surface area (Å²) in [5, 5.41) is 19.7. The summed E-state index contributed by atoms with van der Waals surface area (Å²) in [5.74, 6) is 0.828. The second-order valence-electron chi connectivity index (χ2n) is 10.6. The molecule has 190 valence electrons. The lowest BCUT2D eigenvalue weighted by atomic mass is 9.92. The van der Waals surface area contributed by atoms with Crippen molar-refractivity contribution >= 4 is 0 Å². The van der Waals surface area contributed by atoms with Gasteiger partial charge in [-0.05, 0) is 72.7 Å². The van der Waals surface area contributed by atoms with Crippen molar-refractivity contribution in [1.29, 1.82) is 0 Å². The van der Waals surface area contributed by atoms with E-state index in [0.29, 0.717) is 19.4 Å². The molecule has 5 heteroatoms. The fourth-order valence-corrected chi connectivity index (χ4v) is 5.43. The zero-order valence-electron chi connectivity index (χ0n) is 21.3. The van der Waals surface area contributed by atoms with Crippen LogP contribution in [-0.4, -0.2) is 35.6 Å². The van der Waals surface area contributed by atoms with Crippen LogP contribution in [0.5, 0.6) is 5.75 Å². The van der Waals surface area contributed by atoms with E-state index in [4.69, 9.17) is 14.2 Å². The van der Waals surface area contributed by atoms with E-state index in [2.05, 4.69) is 75.4 Å². The van der Waals surface area contributed by atoms with E-state index in [-0.39, 0.29) is 30.5 Å². The van der Waals surface area contributed by atoms with Crippen molar-refractivity contribution in [3.8, 4) is 5.75 Å². The minimum Gasteiger partial charge on any atom is -0.491 e. The average molecular weight is 489 g/mol. The highest BCUT2D eigenvalue weighted by atomic mass is 16.6. The molecule has 1 saturated heterocycles. The summed E-state index contributed by atoms with van der Waals surface area (Å²) < 4.78 is 18.4. The third-order valence-corrected chi connectivity index (χ3v) is 7.44. The maximum absolute atomic E-state index is 10.2. The van der Waals surface area contributed by atoms with Gasteiger partial charge < -0.3 is 24.4 Å². The molecule has 3 aromatic rings. The molecular weight excluding hydrogens is 452 g/mol. The Morgan fingerprint density at radius 3 is 2.56 bits per heavy atom. The number of hydrogen-bond donors (Lipinski definition) is 2. The predicted octanol–water partition coefficient (Wildman–Crippen LogP) is 5.54. The molecule has 2 heterocycles. The molecule has 0 aromatic heterocycles. The van der Waals surface area contributed by atoms with Crippen LogP contribution in [0.2, 0.25) is 0 Å². The van der Waals surface area contributed by atoms with Crippen molar-refractivity contribution < 1.29 is 24.4 Å². The van der Waals surface area contributed by atoms with Crippen LogP contribution in [-0.2, 0) is 21.5 Å². The number of hydrogen-bond acceptors (Lipinski definition) is 5. The molecule has 5 nitrogen and oxygen atoms in total. The van der Waals surface area contributed by atoms with Gasteiger partial charge in [0, 0.05) is 12.8 Å². The molecular formula is C31H36O5. The normalized spacial score (nSPS) is 24.9. The number of fused-ring (bicyclic) bond motifs is 1. The van der Waals surface area contributed by atoms with Gasteiger partial charge >= 0.3 is 0 Å². The maximum Gasteiger partial charge on any atom is 0.119 e. The maximum atomic E-state index is 10.2. The quantitative estimate of drug-likeness (QED) is 0.457. The summed E-state index contributed by atoms with van der Waals surface area (Å²) in [6.07, 6.45) is 0.791. The minimum atomic E-state index is -0.451. The first-order chi connectivity index (χ1) is 17.3. The molecule has 0 saturated carbocycles. The van der Waals surface area contributed by atoms with E-state index in [9.17, 15) is 10.2 Å². The van der Waals surface area contributed by atoms with Gasteiger partial charge in [0.2, 0.25) is 0 Å². The van der Waals surface area contributed by atoms with Crippen LogP contribution in [0, 0.1) is 6.92 Å². The number of aliphatic hydroxyl groups excluding tert-OH is 2. The van der Waals surface area contributed by atoms with E-state index >= 15 is 0 Å². The van der Waals surface area contributed by atoms with E-state index in [1.165, 1.54) is 27.8 Å². The van der Waals surface area contributed by atoms with Crippen LogP contribution in [0.1, 0.15) is 72.3 Å². The zero-order valence-corrected chi connectivity index (χ0v) is 21.3. The van der Waals surface area contributed by atoms with Crippen molar-refractivity contribution in [2.24, 2.45) is 0 Å². The summed E-state index contributed by atoms with van der Waals surface area (Å²) in [5.41, 5.74) is 6.82. The second-order valence-corrected chi connectivity index (χ2v) is 10.6. The van der Waals surface area contributed by atoms with Crippen molar-refractivity contribution in [2.75, 3.05) is 13.2 Å². The fourth-order valence-electron chi connectivity index (χ4n) is 5.43. The van der Waals surface area contributed by atoms with Gasteiger partial charge in [0.15, 0.2) is 0 Å². The topological polar surface area (TPSA) is 68.2 Å². The van der Waals surface area contributed by atoms with Gasteiger partial charge in [0.1, 0.15) is 18.5 Å². The number of aryl methyl sites for hydroxylation is 1. The van der Waals surface area contributed by atoms with Gasteiger partial charge in [0.05, 0.1) is 30.5 Å². The van der Waals surface area contributed by atoms with Gasteiger partial charge in [-0.1, -0.05) is 54.6 Å². The number of benzene rings is 3. The molecule has 2 N–H and O–H groups in total. The smallest absolute Gasteiger partial charge is 0.119 e. The third kappa shape index (κ3) is 5.35. The Bertz CT molecular complexity index is 1190. The van der Waals surface area contributed by atoms with Gasteiger partial charge in [-0.15, -0.1) is 0 Å². The summed E-state index contributed by atoms with van der Waals surface area (Å²) in [6.45, 7) is 6.72. The van der Waals surface area contributed by atoms with E-state index in [1.807, 2.05) is 12.1 Å². The van der Waals surface area contributed by atoms with Crippen LogP contribution in [0.15, 0.2) is 66.7 Å². The second kappa shape index (κ2) is 10.3. The van der Waals surface area contributed by atoms with Gasteiger partial charge in [0.25, 0.3) is 0 Å². The SMILES string of the molecule is Cc1ccc([C@H]2C[C@@H](O)C[C@@H](CO)O2)cc1Cc1ccc(OC[C@H]2OC(C)(C)c3ccccc32)cc1. The molecule has 0 unspecified atom stereocenters. The van der Waals surface area contributed by atoms with Gasteiger partial charge in [-0.25, -0.2) is 0 Å². The van der Waals surface area contributed by atoms with Crippen molar-refractivity contribution in [3.05, 3.63) is 100 Å². The Labute approximate surface area is 213 Å². The van der Waals surface area contributed by atoms with Crippen molar-refractivity contribution in [3.63, 3.8) is 0 Å². The molecule has 0 amide bonds. The summed E-state index contributed by atoms with van der Waals surface area (Å²) in [7, 11) is 0. The summed E-state index contributed by atoms with van der Waals surface area (Å²) in [6, 6.07) is 23.0. The molecule has 2 aliphatic rings. The summed E-state index contributed by atoms with van der Waals surface area (Å²) >= 11 is 0. The van der Waals surface area contributed by atoms with E-state index < -0.39 is 6.10 Å². The van der Waals surface area contributed by atoms with Crippen molar-refractivity contribution in [1.82, 2.24) is 0 Å². The number of ether oxygens (including phenoxy) is 3. The molecule has 0 spiro atoms. The first-order valence-corrected chi connectivity index (χ1v) is 12.8. The van der Waals surface area contributed by atoms with Gasteiger partial charge in [-0.2, -0.15) is 0 Å². The molecule has 0 aliphatic carbocycles. The van der Waals surface area contributed by atoms with Crippen LogP contribution in [0.4, 0.5) is 0 Å². The fraction of sp³-hybridized carbons (Fsp3) is 0.419. The lowest BCUT2D eigenvalue weighted by Gasteiger charge is -2.32. The molecule has 3 aromatic carbocycles. The third-order valence-electron chi connectivity index (χ3n) is 7.44. The Morgan fingerprint density at radius 2 is 1.78 bits per heavy atom.